The molecule has 1 aliphatic rings. The van der Waals surface area contributed by atoms with Crippen molar-refractivity contribution in [2.75, 3.05) is 0 Å². The van der Waals surface area contributed by atoms with Crippen molar-refractivity contribution < 1.29 is 23.1 Å². The fraction of sp³-hybridized carbons (Fsp3) is 0.333. The van der Waals surface area contributed by atoms with E-state index in [9.17, 15) is 23.1 Å². The summed E-state index contributed by atoms with van der Waals surface area (Å²) < 4.78 is 38.8. The molecule has 0 saturated heterocycles. The summed E-state index contributed by atoms with van der Waals surface area (Å²) in [6.07, 6.45) is -2.06. The molecule has 1 aliphatic carbocycles. The zero-order chi connectivity index (χ0) is 17.5. The molecule has 3 atom stereocenters. The fourth-order valence-electron chi connectivity index (χ4n) is 3.72. The van der Waals surface area contributed by atoms with Gasteiger partial charge in [-0.05, 0) is 23.6 Å². The van der Waals surface area contributed by atoms with E-state index >= 15 is 0 Å². The number of carboxylic acid groups (broad SMARTS) is 1. The lowest BCUT2D eigenvalue weighted by molar-refractivity contribution is -0.144. The first kappa shape index (κ1) is 16.5. The van der Waals surface area contributed by atoms with E-state index in [-0.39, 0.29) is 5.92 Å². The zero-order valence-electron chi connectivity index (χ0n) is 12.9. The summed E-state index contributed by atoms with van der Waals surface area (Å²) >= 11 is 0. The third-order valence-corrected chi connectivity index (χ3v) is 4.92. The van der Waals surface area contributed by atoms with Crippen LogP contribution in [0.4, 0.5) is 13.2 Å². The summed E-state index contributed by atoms with van der Waals surface area (Å²) in [5.74, 6) is -1.86. The molecule has 0 amide bonds. The van der Waals surface area contributed by atoms with Gasteiger partial charge in [0, 0.05) is 24.2 Å². The van der Waals surface area contributed by atoms with Crippen LogP contribution in [0.5, 0.6) is 0 Å². The maximum absolute atomic E-state index is 12.9. The standard InChI is InChI=1S/C18H16F3NO2/c1-2-17(16(23)24)14(11-6-4-3-5-7-11)15(17)12-8-13(10-22-9-12)18(19,20)21/h3-10,14-15H,2H2,1H3,(H,23,24). The van der Waals surface area contributed by atoms with Crippen molar-refractivity contribution in [1.29, 1.82) is 0 Å². The highest BCUT2D eigenvalue weighted by atomic mass is 19.4. The Morgan fingerprint density at radius 1 is 1.17 bits per heavy atom. The van der Waals surface area contributed by atoms with E-state index in [1.165, 1.54) is 6.20 Å². The van der Waals surface area contributed by atoms with Crippen LogP contribution in [0.15, 0.2) is 48.8 Å². The zero-order valence-corrected chi connectivity index (χ0v) is 12.9. The second-order valence-corrected chi connectivity index (χ2v) is 6.07. The maximum Gasteiger partial charge on any atom is 0.417 e. The van der Waals surface area contributed by atoms with Gasteiger partial charge in [0.15, 0.2) is 0 Å². The summed E-state index contributed by atoms with van der Waals surface area (Å²) in [6.45, 7) is 1.76. The molecule has 3 nitrogen and oxygen atoms in total. The van der Waals surface area contributed by atoms with Gasteiger partial charge >= 0.3 is 12.1 Å². The van der Waals surface area contributed by atoms with E-state index in [4.69, 9.17) is 0 Å². The number of hydrogen-bond donors (Lipinski definition) is 1. The van der Waals surface area contributed by atoms with Crippen LogP contribution >= 0.6 is 0 Å². The van der Waals surface area contributed by atoms with Crippen molar-refractivity contribution >= 4 is 5.97 Å². The predicted molar refractivity (Wildman–Crippen MR) is 81.5 cm³/mol. The lowest BCUT2D eigenvalue weighted by Crippen LogP contribution is -2.18. The van der Waals surface area contributed by atoms with Gasteiger partial charge in [-0.3, -0.25) is 9.78 Å². The van der Waals surface area contributed by atoms with Gasteiger partial charge in [0.1, 0.15) is 0 Å². The van der Waals surface area contributed by atoms with Gasteiger partial charge in [0.25, 0.3) is 0 Å². The average Bonchev–Trinajstić information content (AvgIpc) is 3.25. The van der Waals surface area contributed by atoms with Gasteiger partial charge in [-0.25, -0.2) is 0 Å². The molecule has 0 spiro atoms. The molecule has 24 heavy (non-hydrogen) atoms. The second-order valence-electron chi connectivity index (χ2n) is 6.07. The van der Waals surface area contributed by atoms with E-state index in [0.717, 1.165) is 17.8 Å². The topological polar surface area (TPSA) is 50.2 Å². The summed E-state index contributed by atoms with van der Waals surface area (Å²) in [7, 11) is 0. The van der Waals surface area contributed by atoms with E-state index in [0.29, 0.717) is 12.0 Å². The molecule has 1 aromatic carbocycles. The van der Waals surface area contributed by atoms with Crippen LogP contribution in [0.3, 0.4) is 0 Å². The monoisotopic (exact) mass is 335 g/mol. The molecular weight excluding hydrogens is 319 g/mol. The summed E-state index contributed by atoms with van der Waals surface area (Å²) in [5, 5.41) is 9.75. The number of pyridine rings is 1. The van der Waals surface area contributed by atoms with Crippen LogP contribution < -0.4 is 0 Å². The first-order chi connectivity index (χ1) is 11.3. The lowest BCUT2D eigenvalue weighted by atomic mass is 9.95. The number of nitrogens with zero attached hydrogens (tertiary/aromatic N) is 1. The summed E-state index contributed by atoms with van der Waals surface area (Å²) in [5.41, 5.74) is -0.797. The number of benzene rings is 1. The number of hydrogen-bond acceptors (Lipinski definition) is 2. The Morgan fingerprint density at radius 2 is 1.79 bits per heavy atom. The van der Waals surface area contributed by atoms with Crippen LogP contribution in [0, 0.1) is 5.41 Å². The first-order valence-electron chi connectivity index (χ1n) is 7.63. The highest BCUT2D eigenvalue weighted by Gasteiger charge is 2.69. The minimum absolute atomic E-state index is 0.322. The lowest BCUT2D eigenvalue weighted by Gasteiger charge is -2.11. The average molecular weight is 335 g/mol. The third-order valence-electron chi connectivity index (χ3n) is 4.92. The molecule has 0 radical (unpaired) electrons. The highest BCUT2D eigenvalue weighted by molar-refractivity contribution is 5.83. The molecule has 3 rings (SSSR count). The molecule has 2 aromatic rings. The molecule has 1 heterocycles. The number of alkyl halides is 3. The largest absolute Gasteiger partial charge is 0.481 e. The second kappa shape index (κ2) is 5.61. The van der Waals surface area contributed by atoms with Crippen molar-refractivity contribution in [2.45, 2.75) is 31.4 Å². The number of aromatic nitrogens is 1. The van der Waals surface area contributed by atoms with Crippen molar-refractivity contribution in [1.82, 2.24) is 4.98 Å². The Balaban J connectivity index is 2.07. The number of carboxylic acids is 1. The maximum atomic E-state index is 12.9. The minimum atomic E-state index is -4.50. The van der Waals surface area contributed by atoms with Crippen molar-refractivity contribution in [2.24, 2.45) is 5.41 Å². The Labute approximate surface area is 137 Å². The van der Waals surface area contributed by atoms with Gasteiger partial charge in [-0.1, -0.05) is 37.3 Å². The van der Waals surface area contributed by atoms with Crippen LogP contribution in [0.1, 0.15) is 41.9 Å². The number of carbonyl (C=O) groups is 1. The molecule has 0 aliphatic heterocycles. The molecule has 3 unspecified atom stereocenters. The molecule has 6 heteroatoms. The normalized spacial score (nSPS) is 26.2. The predicted octanol–water partition coefficient (Wildman–Crippen LogP) is 4.46. The van der Waals surface area contributed by atoms with Crippen LogP contribution in [0.2, 0.25) is 0 Å². The first-order valence-corrected chi connectivity index (χ1v) is 7.63. The number of rotatable bonds is 4. The van der Waals surface area contributed by atoms with Crippen LogP contribution in [-0.4, -0.2) is 16.1 Å². The van der Waals surface area contributed by atoms with E-state index < -0.39 is 29.0 Å². The Bertz CT molecular complexity index is 760. The van der Waals surface area contributed by atoms with Crippen molar-refractivity contribution in [3.05, 3.63) is 65.5 Å². The van der Waals surface area contributed by atoms with E-state index in [1.54, 1.807) is 19.1 Å². The van der Waals surface area contributed by atoms with E-state index in [1.807, 2.05) is 18.2 Å². The van der Waals surface area contributed by atoms with Crippen LogP contribution in [0.25, 0.3) is 0 Å². The summed E-state index contributed by atoms with van der Waals surface area (Å²) in [6, 6.07) is 10.1. The Kier molecular flexibility index (Phi) is 3.86. The van der Waals surface area contributed by atoms with Crippen molar-refractivity contribution in [3.63, 3.8) is 0 Å². The van der Waals surface area contributed by atoms with E-state index in [2.05, 4.69) is 4.98 Å². The van der Waals surface area contributed by atoms with Gasteiger partial charge in [0.2, 0.25) is 0 Å². The molecule has 1 saturated carbocycles. The highest BCUT2D eigenvalue weighted by Crippen LogP contribution is 2.72. The third kappa shape index (κ3) is 2.46. The SMILES string of the molecule is CCC1(C(=O)O)C(c2ccccc2)C1c1cncc(C(F)(F)F)c1. The smallest absolute Gasteiger partial charge is 0.417 e. The molecule has 1 aromatic heterocycles. The number of halogens is 3. The Morgan fingerprint density at radius 3 is 2.33 bits per heavy atom. The summed E-state index contributed by atoms with van der Waals surface area (Å²) in [4.78, 5) is 15.6. The van der Waals surface area contributed by atoms with Gasteiger partial charge < -0.3 is 5.11 Å². The van der Waals surface area contributed by atoms with Crippen molar-refractivity contribution in [3.8, 4) is 0 Å². The van der Waals surface area contributed by atoms with Gasteiger partial charge in [-0.2, -0.15) is 13.2 Å². The number of aliphatic carboxylic acids is 1. The van der Waals surface area contributed by atoms with Gasteiger partial charge in [0.05, 0.1) is 11.0 Å². The van der Waals surface area contributed by atoms with Crippen LogP contribution in [-0.2, 0) is 11.0 Å². The minimum Gasteiger partial charge on any atom is -0.481 e. The molecule has 0 bridgehead atoms. The molecule has 1 N–H and O–H groups in total. The quantitative estimate of drug-likeness (QED) is 0.897. The molecular formula is C18H16F3NO2. The Hall–Kier alpha value is -2.37. The molecule has 1 fully saturated rings. The molecule has 126 valence electrons. The fourth-order valence-corrected chi connectivity index (χ4v) is 3.72. The van der Waals surface area contributed by atoms with Gasteiger partial charge in [-0.15, -0.1) is 0 Å².